The first kappa shape index (κ1) is 15.0. The summed E-state index contributed by atoms with van der Waals surface area (Å²) in [7, 11) is -10.4. The SMILES string of the molecule is O=S(=O)(O)C1Oc2ccccc2OC1(CO)S(=O)(=O)O. The van der Waals surface area contributed by atoms with Gasteiger partial charge in [0.2, 0.25) is 0 Å². The van der Waals surface area contributed by atoms with Crippen molar-refractivity contribution in [3.8, 4) is 11.5 Å². The summed E-state index contributed by atoms with van der Waals surface area (Å²) in [6.07, 6.45) is 0. The Hall–Kier alpha value is -1.40. The molecule has 1 aromatic rings. The molecule has 0 spiro atoms. The zero-order valence-corrected chi connectivity index (χ0v) is 11.3. The molecule has 1 aliphatic rings. The topological polar surface area (TPSA) is 147 Å². The Kier molecular flexibility index (Phi) is 3.42. The molecule has 20 heavy (non-hydrogen) atoms. The van der Waals surface area contributed by atoms with Crippen LogP contribution in [0.25, 0.3) is 0 Å². The summed E-state index contributed by atoms with van der Waals surface area (Å²) in [5, 5.41) is 9.22. The third-order valence-corrected chi connectivity index (χ3v) is 5.12. The van der Waals surface area contributed by atoms with Crippen LogP contribution in [0.15, 0.2) is 24.3 Å². The highest BCUT2D eigenvalue weighted by atomic mass is 32.2. The molecule has 0 amide bonds. The van der Waals surface area contributed by atoms with E-state index in [4.69, 9.17) is 14.0 Å². The van der Waals surface area contributed by atoms with Crippen LogP contribution < -0.4 is 9.47 Å². The molecule has 2 unspecified atom stereocenters. The number of para-hydroxylation sites is 2. The van der Waals surface area contributed by atoms with Crippen molar-refractivity contribution >= 4 is 20.2 Å². The minimum atomic E-state index is -5.25. The van der Waals surface area contributed by atoms with E-state index < -0.39 is 37.2 Å². The zero-order chi connectivity index (χ0) is 15.2. The number of benzene rings is 1. The molecule has 0 radical (unpaired) electrons. The largest absolute Gasteiger partial charge is 0.462 e. The molecule has 0 aromatic heterocycles. The minimum absolute atomic E-state index is 0.164. The first-order valence-corrected chi connectivity index (χ1v) is 8.05. The molecule has 1 aromatic carbocycles. The Morgan fingerprint density at radius 2 is 1.65 bits per heavy atom. The number of hydrogen-bond acceptors (Lipinski definition) is 7. The zero-order valence-electron chi connectivity index (χ0n) is 9.70. The normalized spacial score (nSPS) is 26.2. The lowest BCUT2D eigenvalue weighted by atomic mass is 10.2. The summed E-state index contributed by atoms with van der Waals surface area (Å²) < 4.78 is 73.5. The monoisotopic (exact) mass is 326 g/mol. The van der Waals surface area contributed by atoms with Crippen LogP contribution in [0.3, 0.4) is 0 Å². The fourth-order valence-corrected chi connectivity index (χ4v) is 3.90. The van der Waals surface area contributed by atoms with Crippen LogP contribution in [0.1, 0.15) is 0 Å². The van der Waals surface area contributed by atoms with E-state index >= 15 is 0 Å². The molecular formula is C9H10O9S2. The smallest absolute Gasteiger partial charge is 0.313 e. The average molecular weight is 326 g/mol. The highest BCUT2D eigenvalue weighted by Crippen LogP contribution is 2.41. The van der Waals surface area contributed by atoms with E-state index in [2.05, 4.69) is 0 Å². The van der Waals surface area contributed by atoms with Crippen molar-refractivity contribution in [3.05, 3.63) is 24.3 Å². The summed E-state index contributed by atoms with van der Waals surface area (Å²) in [4.78, 5) is -3.07. The number of aliphatic hydroxyl groups excluding tert-OH is 1. The number of rotatable bonds is 3. The van der Waals surface area contributed by atoms with Crippen LogP contribution in [0.5, 0.6) is 11.5 Å². The van der Waals surface area contributed by atoms with Crippen LogP contribution in [0.4, 0.5) is 0 Å². The van der Waals surface area contributed by atoms with Crippen LogP contribution in [0, 0.1) is 0 Å². The Labute approximate surface area is 114 Å². The standard InChI is InChI=1S/C9H10O9S2/c10-5-9(20(14,15)16)8(19(11,12)13)17-6-3-1-2-4-7(6)18-9/h1-4,8,10H,5H2,(H,11,12,13)(H,14,15,16). The molecule has 0 bridgehead atoms. The summed E-state index contributed by atoms with van der Waals surface area (Å²) >= 11 is 0. The third-order valence-electron chi connectivity index (χ3n) is 2.65. The number of aliphatic hydroxyl groups is 1. The van der Waals surface area contributed by atoms with Crippen molar-refractivity contribution in [2.45, 2.75) is 10.4 Å². The van der Waals surface area contributed by atoms with Crippen molar-refractivity contribution in [1.82, 2.24) is 0 Å². The molecule has 9 nitrogen and oxygen atoms in total. The van der Waals surface area contributed by atoms with E-state index in [1.54, 1.807) is 0 Å². The van der Waals surface area contributed by atoms with Gasteiger partial charge in [-0.3, -0.25) is 9.11 Å². The first-order chi connectivity index (χ1) is 9.12. The van der Waals surface area contributed by atoms with Gasteiger partial charge in [0.1, 0.15) is 6.61 Å². The maximum absolute atomic E-state index is 11.4. The second-order valence-electron chi connectivity index (χ2n) is 3.96. The van der Waals surface area contributed by atoms with Crippen molar-refractivity contribution in [3.63, 3.8) is 0 Å². The lowest BCUT2D eigenvalue weighted by molar-refractivity contribution is -0.0153. The van der Waals surface area contributed by atoms with E-state index in [1.165, 1.54) is 24.3 Å². The highest BCUT2D eigenvalue weighted by Gasteiger charge is 2.62. The van der Waals surface area contributed by atoms with Crippen LogP contribution in [-0.4, -0.2) is 48.0 Å². The fraction of sp³-hybridized carbons (Fsp3) is 0.333. The second kappa shape index (κ2) is 4.56. The summed E-state index contributed by atoms with van der Waals surface area (Å²) in [5.41, 5.74) is -2.54. The van der Waals surface area contributed by atoms with E-state index in [0.717, 1.165) is 0 Å². The van der Waals surface area contributed by atoms with Gasteiger partial charge in [-0.1, -0.05) is 12.1 Å². The predicted octanol–water partition coefficient (Wildman–Crippen LogP) is -0.752. The Balaban J connectivity index is 2.71. The van der Waals surface area contributed by atoms with Gasteiger partial charge in [-0.25, -0.2) is 0 Å². The van der Waals surface area contributed by atoms with Gasteiger partial charge >= 0.3 is 25.2 Å². The summed E-state index contributed by atoms with van der Waals surface area (Å²) in [6, 6.07) is 5.38. The second-order valence-corrected chi connectivity index (χ2v) is 7.06. The van der Waals surface area contributed by atoms with E-state index in [-0.39, 0.29) is 11.5 Å². The molecule has 0 saturated carbocycles. The molecule has 0 aliphatic carbocycles. The quantitative estimate of drug-likeness (QED) is 0.610. The van der Waals surface area contributed by atoms with Crippen molar-refractivity contribution < 1.29 is 40.5 Å². The summed E-state index contributed by atoms with van der Waals surface area (Å²) in [5.74, 6) is -0.373. The summed E-state index contributed by atoms with van der Waals surface area (Å²) in [6.45, 7) is -1.45. The Bertz CT molecular complexity index is 724. The predicted molar refractivity (Wildman–Crippen MR) is 64.4 cm³/mol. The van der Waals surface area contributed by atoms with Crippen molar-refractivity contribution in [2.24, 2.45) is 0 Å². The average Bonchev–Trinajstić information content (AvgIpc) is 2.34. The minimum Gasteiger partial charge on any atom is -0.462 e. The molecule has 11 heteroatoms. The van der Waals surface area contributed by atoms with E-state index in [9.17, 15) is 26.5 Å². The molecule has 0 saturated heterocycles. The lowest BCUT2D eigenvalue weighted by Gasteiger charge is -2.38. The fourth-order valence-electron chi connectivity index (χ4n) is 1.72. The van der Waals surface area contributed by atoms with Gasteiger partial charge in [-0.05, 0) is 12.1 Å². The maximum Gasteiger partial charge on any atom is 0.313 e. The third kappa shape index (κ3) is 2.23. The molecule has 3 N–H and O–H groups in total. The van der Waals surface area contributed by atoms with Gasteiger partial charge in [0.05, 0.1) is 0 Å². The molecule has 0 fully saturated rings. The highest BCUT2D eigenvalue weighted by molar-refractivity contribution is 7.91. The van der Waals surface area contributed by atoms with Crippen LogP contribution in [-0.2, 0) is 20.2 Å². The van der Waals surface area contributed by atoms with E-state index in [0.29, 0.717) is 0 Å². The molecule has 1 aliphatic heterocycles. The van der Waals surface area contributed by atoms with Gasteiger partial charge in [0, 0.05) is 0 Å². The molecule has 112 valence electrons. The van der Waals surface area contributed by atoms with E-state index in [1.807, 2.05) is 0 Å². The molecule has 2 rings (SSSR count). The molecule has 1 heterocycles. The Morgan fingerprint density at radius 1 is 1.10 bits per heavy atom. The molecule has 2 atom stereocenters. The van der Waals surface area contributed by atoms with Crippen molar-refractivity contribution in [1.29, 1.82) is 0 Å². The Morgan fingerprint density at radius 3 is 2.10 bits per heavy atom. The first-order valence-electron chi connectivity index (χ1n) is 5.11. The molecular weight excluding hydrogens is 316 g/mol. The van der Waals surface area contributed by atoms with Crippen molar-refractivity contribution in [2.75, 3.05) is 6.61 Å². The number of ether oxygens (including phenoxy) is 2. The maximum atomic E-state index is 11.4. The number of fused-ring (bicyclic) bond motifs is 1. The van der Waals surface area contributed by atoms with Gasteiger partial charge < -0.3 is 14.6 Å². The van der Waals surface area contributed by atoms with Crippen LogP contribution >= 0.6 is 0 Å². The van der Waals surface area contributed by atoms with Gasteiger partial charge in [0.25, 0.3) is 5.44 Å². The van der Waals surface area contributed by atoms with Gasteiger partial charge in [-0.2, -0.15) is 16.8 Å². The van der Waals surface area contributed by atoms with Crippen LogP contribution in [0.2, 0.25) is 0 Å². The van der Waals surface area contributed by atoms with Gasteiger partial charge in [-0.15, -0.1) is 0 Å². The lowest BCUT2D eigenvalue weighted by Crippen LogP contribution is -2.63. The number of hydrogen-bond donors (Lipinski definition) is 3. The van der Waals surface area contributed by atoms with Gasteiger partial charge in [0.15, 0.2) is 11.5 Å².